The fraction of sp³-hybridized carbons (Fsp3) is 0.381. The summed E-state index contributed by atoms with van der Waals surface area (Å²) >= 11 is 5.92. The van der Waals surface area contributed by atoms with Crippen LogP contribution in [0.2, 0.25) is 5.02 Å². The highest BCUT2D eigenvalue weighted by Gasteiger charge is 2.30. The predicted octanol–water partition coefficient (Wildman–Crippen LogP) is 3.67. The van der Waals surface area contributed by atoms with Gasteiger partial charge in [0.15, 0.2) is 0 Å². The molecule has 0 N–H and O–H groups in total. The van der Waals surface area contributed by atoms with Crippen molar-refractivity contribution in [3.8, 4) is 5.75 Å². The van der Waals surface area contributed by atoms with Crippen molar-refractivity contribution in [1.29, 1.82) is 0 Å². The fourth-order valence-electron chi connectivity index (χ4n) is 3.12. The summed E-state index contributed by atoms with van der Waals surface area (Å²) in [6, 6.07) is 13.3. The normalized spacial score (nSPS) is 15.3. The summed E-state index contributed by atoms with van der Waals surface area (Å²) < 4.78 is 32.6. The molecule has 1 aliphatic rings. The Hall–Kier alpha value is -2.09. The Kier molecular flexibility index (Phi) is 7.16. The highest BCUT2D eigenvalue weighted by atomic mass is 35.5. The van der Waals surface area contributed by atoms with Gasteiger partial charge in [0.2, 0.25) is 10.0 Å². The Bertz CT molecular complexity index is 939. The number of hydrogen-bond acceptors (Lipinski definition) is 4. The van der Waals surface area contributed by atoms with Gasteiger partial charge in [0.25, 0.3) is 5.91 Å². The van der Waals surface area contributed by atoms with Crippen molar-refractivity contribution in [3.05, 3.63) is 59.1 Å². The SMILES string of the molecule is CCCCOc1ccc(C(=O)N2CCN(S(=O)(=O)c3cccc(Cl)c3)CC2)cc1. The van der Waals surface area contributed by atoms with Crippen molar-refractivity contribution < 1.29 is 17.9 Å². The van der Waals surface area contributed by atoms with Crippen molar-refractivity contribution >= 4 is 27.5 Å². The minimum Gasteiger partial charge on any atom is -0.494 e. The number of ether oxygens (including phenoxy) is 1. The third kappa shape index (κ3) is 5.29. The first-order valence-electron chi connectivity index (χ1n) is 9.69. The maximum absolute atomic E-state index is 12.8. The molecule has 0 aliphatic carbocycles. The molecule has 1 amide bonds. The molecule has 0 aromatic heterocycles. The first kappa shape index (κ1) is 21.6. The van der Waals surface area contributed by atoms with Crippen LogP contribution < -0.4 is 4.74 Å². The molecule has 0 radical (unpaired) electrons. The summed E-state index contributed by atoms with van der Waals surface area (Å²) in [6.45, 7) is 3.94. The number of unbranched alkanes of at least 4 members (excludes halogenated alkanes) is 1. The molecular weight excluding hydrogens is 412 g/mol. The number of carbonyl (C=O) groups is 1. The summed E-state index contributed by atoms with van der Waals surface area (Å²) in [6.07, 6.45) is 2.05. The van der Waals surface area contributed by atoms with Crippen LogP contribution >= 0.6 is 11.6 Å². The third-order valence-electron chi connectivity index (χ3n) is 4.83. The minimum atomic E-state index is -3.62. The lowest BCUT2D eigenvalue weighted by atomic mass is 10.2. The van der Waals surface area contributed by atoms with Gasteiger partial charge in [-0.05, 0) is 48.9 Å². The van der Waals surface area contributed by atoms with Gasteiger partial charge in [-0.15, -0.1) is 0 Å². The summed E-state index contributed by atoms with van der Waals surface area (Å²) in [7, 11) is -3.62. The highest BCUT2D eigenvalue weighted by Crippen LogP contribution is 2.22. The van der Waals surface area contributed by atoms with Gasteiger partial charge in [-0.2, -0.15) is 4.31 Å². The monoisotopic (exact) mass is 436 g/mol. The van der Waals surface area contributed by atoms with Gasteiger partial charge in [-0.1, -0.05) is 31.0 Å². The summed E-state index contributed by atoms with van der Waals surface area (Å²) in [5, 5.41) is 0.377. The van der Waals surface area contributed by atoms with Gasteiger partial charge in [-0.25, -0.2) is 8.42 Å². The molecule has 0 bridgehead atoms. The third-order valence-corrected chi connectivity index (χ3v) is 6.96. The van der Waals surface area contributed by atoms with E-state index < -0.39 is 10.0 Å². The summed E-state index contributed by atoms with van der Waals surface area (Å²) in [5.41, 5.74) is 0.569. The molecule has 8 heteroatoms. The van der Waals surface area contributed by atoms with E-state index in [1.165, 1.54) is 16.4 Å². The number of halogens is 1. The van der Waals surface area contributed by atoms with Crippen molar-refractivity contribution in [2.24, 2.45) is 0 Å². The quantitative estimate of drug-likeness (QED) is 0.621. The van der Waals surface area contributed by atoms with E-state index in [1.54, 1.807) is 41.3 Å². The maximum atomic E-state index is 12.8. The van der Waals surface area contributed by atoms with Crippen LogP contribution in [-0.4, -0.2) is 56.3 Å². The van der Waals surface area contributed by atoms with Gasteiger partial charge in [-0.3, -0.25) is 4.79 Å². The van der Waals surface area contributed by atoms with Gasteiger partial charge < -0.3 is 9.64 Å². The molecule has 29 heavy (non-hydrogen) atoms. The van der Waals surface area contributed by atoms with Crippen LogP contribution in [0.25, 0.3) is 0 Å². The number of sulfonamides is 1. The molecule has 0 unspecified atom stereocenters. The second-order valence-corrected chi connectivity index (χ2v) is 9.25. The van der Waals surface area contributed by atoms with Gasteiger partial charge in [0.05, 0.1) is 11.5 Å². The Labute approximate surface area is 177 Å². The van der Waals surface area contributed by atoms with E-state index in [4.69, 9.17) is 16.3 Å². The molecule has 1 heterocycles. The molecule has 1 saturated heterocycles. The van der Waals surface area contributed by atoms with Crippen LogP contribution in [0.1, 0.15) is 30.1 Å². The molecule has 2 aromatic carbocycles. The first-order chi connectivity index (χ1) is 13.9. The Morgan fingerprint density at radius 2 is 1.76 bits per heavy atom. The molecule has 1 fully saturated rings. The lowest BCUT2D eigenvalue weighted by Crippen LogP contribution is -2.50. The molecular formula is C21H25ClN2O4S. The van der Waals surface area contributed by atoms with Gasteiger partial charge in [0.1, 0.15) is 5.75 Å². The van der Waals surface area contributed by atoms with Crippen molar-refractivity contribution in [3.63, 3.8) is 0 Å². The molecule has 0 saturated carbocycles. The minimum absolute atomic E-state index is 0.107. The molecule has 156 valence electrons. The number of carbonyl (C=O) groups excluding carboxylic acids is 1. The van der Waals surface area contributed by atoms with E-state index >= 15 is 0 Å². The smallest absolute Gasteiger partial charge is 0.253 e. The summed E-state index contributed by atoms with van der Waals surface area (Å²) in [4.78, 5) is 14.6. The van der Waals surface area contributed by atoms with Crippen LogP contribution in [0, 0.1) is 0 Å². The van der Waals surface area contributed by atoms with E-state index in [1.807, 2.05) is 0 Å². The van der Waals surface area contributed by atoms with Crippen LogP contribution in [-0.2, 0) is 10.0 Å². The van der Waals surface area contributed by atoms with Crippen molar-refractivity contribution in [2.45, 2.75) is 24.7 Å². The second-order valence-electron chi connectivity index (χ2n) is 6.88. The Morgan fingerprint density at radius 3 is 2.38 bits per heavy atom. The number of rotatable bonds is 7. The van der Waals surface area contributed by atoms with Crippen LogP contribution in [0.5, 0.6) is 5.75 Å². The standard InChI is InChI=1S/C21H25ClN2O4S/c1-2-3-15-28-19-9-7-17(8-10-19)21(25)23-11-13-24(14-12-23)29(26,27)20-6-4-5-18(22)16-20/h4-10,16H,2-3,11-15H2,1H3. The van der Waals surface area contributed by atoms with E-state index in [2.05, 4.69) is 6.92 Å². The first-order valence-corrected chi connectivity index (χ1v) is 11.5. The molecule has 0 spiro atoms. The van der Waals surface area contributed by atoms with E-state index in [-0.39, 0.29) is 23.9 Å². The van der Waals surface area contributed by atoms with Crippen LogP contribution in [0.4, 0.5) is 0 Å². The number of nitrogens with zero attached hydrogens (tertiary/aromatic N) is 2. The Balaban J connectivity index is 1.59. The van der Waals surface area contributed by atoms with E-state index in [0.29, 0.717) is 30.3 Å². The van der Waals surface area contributed by atoms with Crippen LogP contribution in [0.15, 0.2) is 53.4 Å². The number of hydrogen-bond donors (Lipinski definition) is 0. The van der Waals surface area contributed by atoms with Crippen LogP contribution in [0.3, 0.4) is 0 Å². The molecule has 6 nitrogen and oxygen atoms in total. The highest BCUT2D eigenvalue weighted by molar-refractivity contribution is 7.89. The molecule has 1 aliphatic heterocycles. The lowest BCUT2D eigenvalue weighted by Gasteiger charge is -2.34. The number of amides is 1. The van der Waals surface area contributed by atoms with E-state index in [0.717, 1.165) is 18.6 Å². The van der Waals surface area contributed by atoms with Crippen molar-refractivity contribution in [1.82, 2.24) is 9.21 Å². The van der Waals surface area contributed by atoms with Gasteiger partial charge >= 0.3 is 0 Å². The molecule has 2 aromatic rings. The van der Waals surface area contributed by atoms with Gasteiger partial charge in [0, 0.05) is 36.8 Å². The summed E-state index contributed by atoms with van der Waals surface area (Å²) in [5.74, 6) is 0.636. The lowest BCUT2D eigenvalue weighted by molar-refractivity contribution is 0.0698. The van der Waals surface area contributed by atoms with E-state index in [9.17, 15) is 13.2 Å². The van der Waals surface area contributed by atoms with Crippen molar-refractivity contribution in [2.75, 3.05) is 32.8 Å². The average Bonchev–Trinajstić information content (AvgIpc) is 2.74. The Morgan fingerprint density at radius 1 is 1.07 bits per heavy atom. The molecule has 0 atom stereocenters. The topological polar surface area (TPSA) is 66.9 Å². The average molecular weight is 437 g/mol. The zero-order valence-corrected chi connectivity index (χ0v) is 18.0. The number of piperazine rings is 1. The zero-order valence-electron chi connectivity index (χ0n) is 16.4. The predicted molar refractivity (Wildman–Crippen MR) is 113 cm³/mol. The maximum Gasteiger partial charge on any atom is 0.253 e. The molecule has 3 rings (SSSR count). The second kappa shape index (κ2) is 9.61. The zero-order chi connectivity index (χ0) is 20.9. The number of benzene rings is 2. The largest absolute Gasteiger partial charge is 0.494 e. The fourth-order valence-corrected chi connectivity index (χ4v) is 4.84.